The van der Waals surface area contributed by atoms with Crippen molar-refractivity contribution in [2.75, 3.05) is 0 Å². The van der Waals surface area contributed by atoms with Gasteiger partial charge in [0.25, 0.3) is 0 Å². The predicted octanol–water partition coefficient (Wildman–Crippen LogP) is 2.16. The molecule has 0 saturated heterocycles. The number of carboxylic acids is 1. The summed E-state index contributed by atoms with van der Waals surface area (Å²) in [7, 11) is 0. The third-order valence-electron chi connectivity index (χ3n) is 3.66. The van der Waals surface area contributed by atoms with Gasteiger partial charge < -0.3 is 14.9 Å². The molecule has 6 nitrogen and oxygen atoms in total. The Hall–Kier alpha value is -2.93. The van der Waals surface area contributed by atoms with Gasteiger partial charge in [-0.15, -0.1) is 10.2 Å². The number of nitrogens with zero attached hydrogens (tertiary/aromatic N) is 3. The van der Waals surface area contributed by atoms with Crippen molar-refractivity contribution in [3.63, 3.8) is 0 Å². The van der Waals surface area contributed by atoms with Gasteiger partial charge in [0.15, 0.2) is 5.65 Å². The summed E-state index contributed by atoms with van der Waals surface area (Å²) >= 11 is 1.44. The van der Waals surface area contributed by atoms with Gasteiger partial charge in [-0.2, -0.15) is 0 Å². The number of thioether (sulfide) groups is 1. The van der Waals surface area contributed by atoms with Crippen molar-refractivity contribution < 1.29 is 9.90 Å². The standard InChI is InChI=1S/C17H12N4O2S/c22-16(23)11-7-5-10(6-8-11)9-24-17-19-15-14(20-21-17)12-3-1-2-4-13(12)18-15/h1-8H,9H2,(H,22,23)(H,18,19,21)/p-1. The smallest absolute Gasteiger partial charge is 0.211 e. The molecule has 0 unspecified atom stereocenters. The fraction of sp³-hybridized carbons (Fsp3) is 0.0588. The summed E-state index contributed by atoms with van der Waals surface area (Å²) in [6, 6.07) is 14.4. The number of aromatic carboxylic acids is 1. The molecule has 0 atom stereocenters. The molecular formula is C17H11N4O2S-. The van der Waals surface area contributed by atoms with E-state index in [1.54, 1.807) is 12.1 Å². The molecule has 118 valence electrons. The van der Waals surface area contributed by atoms with E-state index in [9.17, 15) is 9.90 Å². The summed E-state index contributed by atoms with van der Waals surface area (Å²) in [5, 5.41) is 20.7. The number of carboxylic acid groups (broad SMARTS) is 1. The van der Waals surface area contributed by atoms with E-state index >= 15 is 0 Å². The van der Waals surface area contributed by atoms with Gasteiger partial charge >= 0.3 is 0 Å². The molecule has 1 N–H and O–H groups in total. The molecule has 4 rings (SSSR count). The van der Waals surface area contributed by atoms with Crippen LogP contribution >= 0.6 is 11.8 Å². The number of benzene rings is 2. The predicted molar refractivity (Wildman–Crippen MR) is 89.5 cm³/mol. The lowest BCUT2D eigenvalue weighted by Gasteiger charge is -2.04. The van der Waals surface area contributed by atoms with E-state index in [2.05, 4.69) is 20.2 Å². The van der Waals surface area contributed by atoms with Gasteiger partial charge in [-0.1, -0.05) is 54.2 Å². The fourth-order valence-corrected chi connectivity index (χ4v) is 3.19. The molecule has 24 heavy (non-hydrogen) atoms. The number of aromatic amines is 1. The van der Waals surface area contributed by atoms with Crippen LogP contribution in [0.2, 0.25) is 0 Å². The number of aromatic nitrogens is 4. The largest absolute Gasteiger partial charge is 0.545 e. The van der Waals surface area contributed by atoms with Crippen LogP contribution in [0.4, 0.5) is 0 Å². The van der Waals surface area contributed by atoms with Gasteiger partial charge in [-0.3, -0.25) is 0 Å². The quantitative estimate of drug-likeness (QED) is 0.574. The summed E-state index contributed by atoms with van der Waals surface area (Å²) in [6.07, 6.45) is 0. The molecule has 2 aromatic heterocycles. The second kappa shape index (κ2) is 5.93. The molecule has 0 radical (unpaired) electrons. The van der Waals surface area contributed by atoms with Crippen LogP contribution in [0.3, 0.4) is 0 Å². The molecule has 0 aliphatic rings. The van der Waals surface area contributed by atoms with Crippen molar-refractivity contribution in [3.8, 4) is 0 Å². The van der Waals surface area contributed by atoms with Gasteiger partial charge in [-0.05, 0) is 17.2 Å². The first-order valence-corrected chi connectivity index (χ1v) is 8.23. The molecule has 0 saturated carbocycles. The molecule has 0 aliphatic heterocycles. The molecule has 0 fully saturated rings. The zero-order chi connectivity index (χ0) is 16.5. The number of H-pyrrole nitrogens is 1. The highest BCUT2D eigenvalue weighted by molar-refractivity contribution is 7.98. The molecule has 0 amide bonds. The Bertz CT molecular complexity index is 1040. The second-order valence-corrected chi connectivity index (χ2v) is 6.18. The van der Waals surface area contributed by atoms with Crippen LogP contribution in [0.1, 0.15) is 15.9 Å². The maximum Gasteiger partial charge on any atom is 0.211 e. The monoisotopic (exact) mass is 335 g/mol. The topological polar surface area (TPSA) is 94.6 Å². The van der Waals surface area contributed by atoms with Crippen molar-refractivity contribution >= 4 is 39.8 Å². The SMILES string of the molecule is O=C([O-])c1ccc(CSc2nnc3c(n2)[nH]c2ccccc23)cc1. The number of rotatable bonds is 4. The average Bonchev–Trinajstić information content (AvgIpc) is 2.98. The van der Waals surface area contributed by atoms with E-state index in [-0.39, 0.29) is 5.56 Å². The van der Waals surface area contributed by atoms with E-state index in [0.29, 0.717) is 16.6 Å². The van der Waals surface area contributed by atoms with Gasteiger partial charge in [0, 0.05) is 16.7 Å². The molecule has 0 spiro atoms. The highest BCUT2D eigenvalue weighted by Gasteiger charge is 2.09. The number of carbonyl (C=O) groups excluding carboxylic acids is 1. The van der Waals surface area contributed by atoms with E-state index in [1.807, 2.05) is 24.3 Å². The van der Waals surface area contributed by atoms with Crippen LogP contribution in [0.25, 0.3) is 22.1 Å². The van der Waals surface area contributed by atoms with Gasteiger partial charge in [0.2, 0.25) is 5.16 Å². The molecule has 4 aromatic rings. The highest BCUT2D eigenvalue weighted by atomic mass is 32.2. The minimum absolute atomic E-state index is 0.168. The van der Waals surface area contributed by atoms with Crippen molar-refractivity contribution in [2.24, 2.45) is 0 Å². The normalized spacial score (nSPS) is 11.2. The molecule has 2 heterocycles. The summed E-state index contributed by atoms with van der Waals surface area (Å²) in [5.41, 5.74) is 3.59. The minimum atomic E-state index is -1.18. The molecule has 2 aromatic carbocycles. The zero-order valence-corrected chi connectivity index (χ0v) is 13.2. The summed E-state index contributed by atoms with van der Waals surface area (Å²) in [5.74, 6) is -0.549. The summed E-state index contributed by atoms with van der Waals surface area (Å²) in [4.78, 5) is 18.5. The first-order valence-electron chi connectivity index (χ1n) is 7.25. The maximum absolute atomic E-state index is 10.7. The number of hydrogen-bond acceptors (Lipinski definition) is 6. The lowest BCUT2D eigenvalue weighted by Crippen LogP contribution is -2.21. The first-order chi connectivity index (χ1) is 11.7. The third kappa shape index (κ3) is 2.69. The van der Waals surface area contributed by atoms with Crippen LogP contribution in [0.15, 0.2) is 53.7 Å². The second-order valence-electron chi connectivity index (χ2n) is 5.24. The lowest BCUT2D eigenvalue weighted by atomic mass is 10.1. The number of hydrogen-bond donors (Lipinski definition) is 1. The van der Waals surface area contributed by atoms with Gasteiger partial charge in [0.05, 0.1) is 5.97 Å². The summed E-state index contributed by atoms with van der Waals surface area (Å²) < 4.78 is 0. The van der Waals surface area contributed by atoms with E-state index in [4.69, 9.17) is 0 Å². The molecule has 7 heteroatoms. The van der Waals surface area contributed by atoms with Crippen molar-refractivity contribution in [1.29, 1.82) is 0 Å². The maximum atomic E-state index is 10.7. The number of nitrogens with one attached hydrogen (secondary N) is 1. The van der Waals surface area contributed by atoms with E-state index < -0.39 is 5.97 Å². The molecule has 0 aliphatic carbocycles. The Labute approximate surface area is 140 Å². The Morgan fingerprint density at radius 3 is 2.67 bits per heavy atom. The first kappa shape index (κ1) is 14.6. The zero-order valence-electron chi connectivity index (χ0n) is 12.4. The van der Waals surface area contributed by atoms with Crippen molar-refractivity contribution in [3.05, 3.63) is 59.7 Å². The minimum Gasteiger partial charge on any atom is -0.545 e. The third-order valence-corrected chi connectivity index (χ3v) is 4.57. The summed E-state index contributed by atoms with van der Waals surface area (Å²) in [6.45, 7) is 0. The molecule has 0 bridgehead atoms. The Balaban J connectivity index is 1.56. The molecular weight excluding hydrogens is 324 g/mol. The van der Waals surface area contributed by atoms with Crippen LogP contribution in [0.5, 0.6) is 0 Å². The van der Waals surface area contributed by atoms with Crippen LogP contribution in [-0.2, 0) is 5.75 Å². The van der Waals surface area contributed by atoms with Crippen LogP contribution in [0, 0.1) is 0 Å². The Kier molecular flexibility index (Phi) is 3.62. The lowest BCUT2D eigenvalue weighted by molar-refractivity contribution is -0.255. The van der Waals surface area contributed by atoms with Gasteiger partial charge in [0.1, 0.15) is 5.52 Å². The number of para-hydroxylation sites is 1. The van der Waals surface area contributed by atoms with E-state index in [1.165, 1.54) is 23.9 Å². The Morgan fingerprint density at radius 1 is 1.08 bits per heavy atom. The number of carbonyl (C=O) groups is 1. The average molecular weight is 335 g/mol. The Morgan fingerprint density at radius 2 is 1.88 bits per heavy atom. The fourth-order valence-electron chi connectivity index (χ4n) is 2.45. The van der Waals surface area contributed by atoms with Gasteiger partial charge in [-0.25, -0.2) is 4.98 Å². The highest BCUT2D eigenvalue weighted by Crippen LogP contribution is 2.24. The number of fused-ring (bicyclic) bond motifs is 3. The van der Waals surface area contributed by atoms with Crippen molar-refractivity contribution in [1.82, 2.24) is 20.2 Å². The van der Waals surface area contributed by atoms with E-state index in [0.717, 1.165) is 22.0 Å². The van der Waals surface area contributed by atoms with Crippen LogP contribution in [-0.4, -0.2) is 26.1 Å². The van der Waals surface area contributed by atoms with Crippen molar-refractivity contribution in [2.45, 2.75) is 10.9 Å². The van der Waals surface area contributed by atoms with Crippen LogP contribution < -0.4 is 5.11 Å².